The molecule has 4 bridgehead atoms. The standard InChI is InChI=1S/C28H30N2O2/c1-32-22-8-6-21(7-9-22)26-13-24(23-4-2-3-5-25(23)30-26)27(31)29-17-28-14-18-10-19(15-28)12-20(11-18)16-28/h2-9,13,18-20H,10-12,14-17H2,1H3,(H,29,31). The maximum atomic E-state index is 13.5. The first-order valence-electron chi connectivity index (χ1n) is 11.9. The second-order valence-electron chi connectivity index (χ2n) is 10.4. The van der Waals surface area contributed by atoms with E-state index in [1.807, 2.05) is 54.6 Å². The number of carbonyl (C=O) groups excluding carboxylic acids is 1. The average molecular weight is 427 g/mol. The molecular weight excluding hydrogens is 396 g/mol. The lowest BCUT2D eigenvalue weighted by Crippen LogP contribution is -2.51. The predicted octanol–water partition coefficient (Wildman–Crippen LogP) is 5.86. The smallest absolute Gasteiger partial charge is 0.252 e. The summed E-state index contributed by atoms with van der Waals surface area (Å²) in [5.74, 6) is 3.50. The molecule has 1 amide bonds. The Balaban J connectivity index is 1.29. The van der Waals surface area contributed by atoms with Crippen LogP contribution in [0.3, 0.4) is 0 Å². The molecule has 0 atom stereocenters. The molecule has 1 heterocycles. The summed E-state index contributed by atoms with van der Waals surface area (Å²) in [7, 11) is 1.66. The van der Waals surface area contributed by atoms with Crippen molar-refractivity contribution in [3.63, 3.8) is 0 Å². The van der Waals surface area contributed by atoms with Crippen LogP contribution in [0.15, 0.2) is 54.6 Å². The van der Waals surface area contributed by atoms with Gasteiger partial charge >= 0.3 is 0 Å². The number of nitrogens with zero attached hydrogens (tertiary/aromatic N) is 1. The predicted molar refractivity (Wildman–Crippen MR) is 127 cm³/mol. The minimum absolute atomic E-state index is 0.0223. The minimum Gasteiger partial charge on any atom is -0.497 e. The van der Waals surface area contributed by atoms with Crippen LogP contribution in [-0.4, -0.2) is 24.5 Å². The first-order valence-corrected chi connectivity index (χ1v) is 11.9. The van der Waals surface area contributed by atoms with E-state index in [0.717, 1.165) is 52.2 Å². The lowest BCUT2D eigenvalue weighted by molar-refractivity contribution is -0.0503. The summed E-state index contributed by atoms with van der Waals surface area (Å²) in [6.45, 7) is 0.809. The van der Waals surface area contributed by atoms with Gasteiger partial charge in [-0.3, -0.25) is 4.79 Å². The summed E-state index contributed by atoms with van der Waals surface area (Å²) in [5.41, 5.74) is 3.68. The number of para-hydroxylation sites is 1. The van der Waals surface area contributed by atoms with Crippen molar-refractivity contribution in [2.24, 2.45) is 23.2 Å². The van der Waals surface area contributed by atoms with Gasteiger partial charge in [0.2, 0.25) is 0 Å². The molecule has 4 aliphatic rings. The molecule has 4 saturated carbocycles. The van der Waals surface area contributed by atoms with E-state index in [4.69, 9.17) is 9.72 Å². The second-order valence-corrected chi connectivity index (χ2v) is 10.4. The number of rotatable bonds is 5. The second kappa shape index (κ2) is 7.61. The number of amides is 1. The highest BCUT2D eigenvalue weighted by molar-refractivity contribution is 6.07. The van der Waals surface area contributed by atoms with Gasteiger partial charge in [-0.05, 0) is 98.1 Å². The van der Waals surface area contributed by atoms with Crippen molar-refractivity contribution in [2.75, 3.05) is 13.7 Å². The fraction of sp³-hybridized carbons (Fsp3) is 0.429. The van der Waals surface area contributed by atoms with Gasteiger partial charge in [-0.1, -0.05) is 18.2 Å². The maximum Gasteiger partial charge on any atom is 0.252 e. The average Bonchev–Trinajstić information content (AvgIpc) is 2.81. The lowest BCUT2D eigenvalue weighted by atomic mass is 9.49. The van der Waals surface area contributed by atoms with Gasteiger partial charge in [-0.15, -0.1) is 0 Å². The summed E-state index contributed by atoms with van der Waals surface area (Å²) in [4.78, 5) is 18.3. The third-order valence-corrected chi connectivity index (χ3v) is 8.14. The molecule has 4 aliphatic carbocycles. The summed E-state index contributed by atoms with van der Waals surface area (Å²) < 4.78 is 5.29. The van der Waals surface area contributed by atoms with Crippen LogP contribution in [-0.2, 0) is 0 Å². The Labute approximate surface area is 189 Å². The molecule has 7 rings (SSSR count). The summed E-state index contributed by atoms with van der Waals surface area (Å²) in [5, 5.41) is 4.27. The molecule has 1 N–H and O–H groups in total. The number of methoxy groups -OCH3 is 1. The summed E-state index contributed by atoms with van der Waals surface area (Å²) in [6, 6.07) is 17.7. The van der Waals surface area contributed by atoms with E-state index in [1.165, 1.54) is 38.5 Å². The summed E-state index contributed by atoms with van der Waals surface area (Å²) in [6.07, 6.45) is 8.17. The van der Waals surface area contributed by atoms with E-state index in [0.29, 0.717) is 11.0 Å². The van der Waals surface area contributed by atoms with E-state index in [-0.39, 0.29) is 5.91 Å². The molecule has 4 fully saturated rings. The molecule has 0 aliphatic heterocycles. The number of pyridine rings is 1. The first kappa shape index (κ1) is 19.8. The van der Waals surface area contributed by atoms with Gasteiger partial charge in [-0.25, -0.2) is 4.98 Å². The van der Waals surface area contributed by atoms with Crippen LogP contribution in [0.4, 0.5) is 0 Å². The molecule has 0 radical (unpaired) electrons. The number of nitrogens with one attached hydrogen (secondary N) is 1. The third-order valence-electron chi connectivity index (χ3n) is 8.14. The van der Waals surface area contributed by atoms with Gasteiger partial charge in [0.15, 0.2) is 0 Å². The fourth-order valence-electron chi connectivity index (χ4n) is 7.14. The Kier molecular flexibility index (Phi) is 4.71. The zero-order chi connectivity index (χ0) is 21.7. The summed E-state index contributed by atoms with van der Waals surface area (Å²) >= 11 is 0. The zero-order valence-electron chi connectivity index (χ0n) is 18.6. The molecule has 0 saturated heterocycles. The number of ether oxygens (including phenoxy) is 1. The van der Waals surface area contributed by atoms with Crippen molar-refractivity contribution in [1.82, 2.24) is 10.3 Å². The van der Waals surface area contributed by atoms with Gasteiger partial charge in [0, 0.05) is 17.5 Å². The van der Waals surface area contributed by atoms with E-state index in [2.05, 4.69) is 5.32 Å². The van der Waals surface area contributed by atoms with Crippen molar-refractivity contribution in [2.45, 2.75) is 38.5 Å². The van der Waals surface area contributed by atoms with E-state index >= 15 is 0 Å². The van der Waals surface area contributed by atoms with Crippen LogP contribution in [0.25, 0.3) is 22.2 Å². The topological polar surface area (TPSA) is 51.2 Å². The van der Waals surface area contributed by atoms with E-state index < -0.39 is 0 Å². The van der Waals surface area contributed by atoms with E-state index in [1.54, 1.807) is 7.11 Å². The Morgan fingerprint density at radius 1 is 1.00 bits per heavy atom. The van der Waals surface area contributed by atoms with Crippen molar-refractivity contribution in [3.05, 3.63) is 60.2 Å². The zero-order valence-corrected chi connectivity index (χ0v) is 18.6. The van der Waals surface area contributed by atoms with Crippen molar-refractivity contribution in [1.29, 1.82) is 0 Å². The monoisotopic (exact) mass is 426 g/mol. The van der Waals surface area contributed by atoms with Crippen LogP contribution < -0.4 is 10.1 Å². The minimum atomic E-state index is 0.0223. The van der Waals surface area contributed by atoms with Gasteiger partial charge < -0.3 is 10.1 Å². The third kappa shape index (κ3) is 3.46. The van der Waals surface area contributed by atoms with Gasteiger partial charge in [-0.2, -0.15) is 0 Å². The van der Waals surface area contributed by atoms with Crippen molar-refractivity contribution in [3.8, 4) is 17.0 Å². The highest BCUT2D eigenvalue weighted by Crippen LogP contribution is 2.59. The SMILES string of the molecule is COc1ccc(-c2cc(C(=O)NCC34CC5CC(CC(C5)C3)C4)c3ccccc3n2)cc1. The number of carbonyl (C=O) groups is 1. The molecule has 164 valence electrons. The highest BCUT2D eigenvalue weighted by Gasteiger charge is 2.50. The van der Waals surface area contributed by atoms with Gasteiger partial charge in [0.25, 0.3) is 5.91 Å². The molecular formula is C28H30N2O2. The van der Waals surface area contributed by atoms with Crippen LogP contribution in [0.5, 0.6) is 5.75 Å². The molecule has 4 heteroatoms. The molecule has 0 spiro atoms. The number of aromatic nitrogens is 1. The number of hydrogen-bond acceptors (Lipinski definition) is 3. The number of fused-ring (bicyclic) bond motifs is 1. The van der Waals surface area contributed by atoms with Crippen LogP contribution in [0.2, 0.25) is 0 Å². The molecule has 2 aromatic carbocycles. The first-order chi connectivity index (χ1) is 15.6. The van der Waals surface area contributed by atoms with Crippen molar-refractivity contribution >= 4 is 16.8 Å². The molecule has 32 heavy (non-hydrogen) atoms. The van der Waals surface area contributed by atoms with Crippen LogP contribution in [0, 0.1) is 23.2 Å². The normalized spacial score (nSPS) is 28.1. The maximum absolute atomic E-state index is 13.5. The van der Waals surface area contributed by atoms with Crippen LogP contribution >= 0.6 is 0 Å². The van der Waals surface area contributed by atoms with Crippen LogP contribution in [0.1, 0.15) is 48.9 Å². The molecule has 1 aromatic heterocycles. The molecule has 3 aromatic rings. The van der Waals surface area contributed by atoms with Gasteiger partial charge in [0.05, 0.1) is 23.9 Å². The number of benzene rings is 2. The fourth-order valence-corrected chi connectivity index (χ4v) is 7.14. The Morgan fingerprint density at radius 3 is 2.31 bits per heavy atom. The molecule has 0 unspecified atom stereocenters. The largest absolute Gasteiger partial charge is 0.497 e. The van der Waals surface area contributed by atoms with E-state index in [9.17, 15) is 4.79 Å². The molecule has 4 nitrogen and oxygen atoms in total. The Bertz CT molecular complexity index is 1130. The highest BCUT2D eigenvalue weighted by atomic mass is 16.5. The Hall–Kier alpha value is -2.88. The quantitative estimate of drug-likeness (QED) is 0.556. The Morgan fingerprint density at radius 2 is 1.66 bits per heavy atom. The lowest BCUT2D eigenvalue weighted by Gasteiger charge is -2.56. The van der Waals surface area contributed by atoms with Crippen molar-refractivity contribution < 1.29 is 9.53 Å². The van der Waals surface area contributed by atoms with Gasteiger partial charge in [0.1, 0.15) is 5.75 Å². The number of hydrogen-bond donors (Lipinski definition) is 1.